The highest BCUT2D eigenvalue weighted by atomic mass is 16.4. The SMILES string of the molecule is CCCOB([C@H](CC(C)C)NC(=O)[C@H](Cc1ccccc1)NC(=O)c1cnccn1)N(C)CCN(C)CCCCCCNC. The number of unbranched alkanes of at least 4 members (excludes halogenated alkanes) is 3. The van der Waals surface area contributed by atoms with Gasteiger partial charge in [-0.2, -0.15) is 0 Å². The van der Waals surface area contributed by atoms with Crippen LogP contribution in [0.1, 0.15) is 75.3 Å². The maximum atomic E-state index is 13.9. The summed E-state index contributed by atoms with van der Waals surface area (Å²) in [5, 5.41) is 9.41. The van der Waals surface area contributed by atoms with Crippen LogP contribution in [-0.2, 0) is 15.9 Å². The third kappa shape index (κ3) is 14.7. The minimum Gasteiger partial charge on any atom is -0.420 e. The van der Waals surface area contributed by atoms with E-state index >= 15 is 0 Å². The molecule has 0 aliphatic carbocycles. The van der Waals surface area contributed by atoms with Gasteiger partial charge in [0.15, 0.2) is 0 Å². The highest BCUT2D eigenvalue weighted by Gasteiger charge is 2.36. The number of benzene rings is 1. The lowest BCUT2D eigenvalue weighted by Crippen LogP contribution is -2.60. The number of aromatic nitrogens is 2. The molecular formula is C33H56BN7O3. The molecule has 1 aromatic heterocycles. The summed E-state index contributed by atoms with van der Waals surface area (Å²) in [7, 11) is 5.94. The zero-order valence-corrected chi connectivity index (χ0v) is 27.9. The molecule has 0 saturated heterocycles. The first kappa shape index (κ1) is 37.3. The Hall–Kier alpha value is -2.86. The van der Waals surface area contributed by atoms with Crippen molar-refractivity contribution in [2.75, 3.05) is 53.9 Å². The minimum absolute atomic E-state index is 0.170. The summed E-state index contributed by atoms with van der Waals surface area (Å²) in [4.78, 5) is 39.7. The number of carbonyl (C=O) groups is 2. The molecule has 2 rings (SSSR count). The summed E-state index contributed by atoms with van der Waals surface area (Å²) in [5.74, 6) is -0.613. The predicted octanol–water partition coefficient (Wildman–Crippen LogP) is 3.45. The molecule has 10 nitrogen and oxygen atoms in total. The van der Waals surface area contributed by atoms with Crippen LogP contribution in [0, 0.1) is 5.92 Å². The molecule has 3 N–H and O–H groups in total. The fourth-order valence-corrected chi connectivity index (χ4v) is 5.14. The van der Waals surface area contributed by atoms with Crippen molar-refractivity contribution in [2.45, 2.75) is 77.7 Å². The van der Waals surface area contributed by atoms with Crippen LogP contribution < -0.4 is 16.0 Å². The molecule has 1 heterocycles. The molecule has 244 valence electrons. The van der Waals surface area contributed by atoms with Crippen LogP contribution >= 0.6 is 0 Å². The first-order valence-corrected chi connectivity index (χ1v) is 16.3. The maximum Gasteiger partial charge on any atom is 0.406 e. The van der Waals surface area contributed by atoms with E-state index in [4.69, 9.17) is 4.65 Å². The number of amides is 2. The van der Waals surface area contributed by atoms with Gasteiger partial charge in [-0.1, -0.05) is 63.9 Å². The minimum atomic E-state index is -0.794. The van der Waals surface area contributed by atoms with Crippen LogP contribution in [0.15, 0.2) is 48.9 Å². The second-order valence-corrected chi connectivity index (χ2v) is 12.1. The Bertz CT molecular complexity index is 1050. The number of nitrogens with one attached hydrogen (secondary N) is 3. The van der Waals surface area contributed by atoms with Crippen molar-refractivity contribution in [1.29, 1.82) is 0 Å². The van der Waals surface area contributed by atoms with Gasteiger partial charge in [0, 0.05) is 38.5 Å². The van der Waals surface area contributed by atoms with Crippen molar-refractivity contribution in [3.63, 3.8) is 0 Å². The van der Waals surface area contributed by atoms with Gasteiger partial charge in [-0.25, -0.2) is 4.98 Å². The second-order valence-electron chi connectivity index (χ2n) is 12.1. The molecular weight excluding hydrogens is 553 g/mol. The van der Waals surface area contributed by atoms with Crippen LogP contribution in [0.25, 0.3) is 0 Å². The standard InChI is InChI=1S/C33H56BN7O3/c1-7-23-44-34(41(6)22-21-40(5)20-14-9-8-13-17-35-4)31(24-27(2)3)39-32(42)29(25-28-15-11-10-12-16-28)38-33(43)30-26-36-18-19-37-30/h10-12,15-16,18-19,26-27,29,31,35H,7-9,13-14,17,20-25H2,1-6H3,(H,38,43)(H,39,42)/t29-,31-/m0/s1. The highest BCUT2D eigenvalue weighted by Crippen LogP contribution is 2.14. The summed E-state index contributed by atoms with van der Waals surface area (Å²) < 4.78 is 6.41. The van der Waals surface area contributed by atoms with Crippen molar-refractivity contribution in [3.05, 3.63) is 60.2 Å². The molecule has 2 amide bonds. The second kappa shape index (κ2) is 21.8. The highest BCUT2D eigenvalue weighted by molar-refractivity contribution is 6.51. The van der Waals surface area contributed by atoms with Crippen LogP contribution in [0.4, 0.5) is 0 Å². The van der Waals surface area contributed by atoms with Crippen molar-refractivity contribution in [3.8, 4) is 0 Å². The van der Waals surface area contributed by atoms with Gasteiger partial charge >= 0.3 is 7.05 Å². The molecule has 0 radical (unpaired) electrons. The molecule has 0 fully saturated rings. The summed E-state index contributed by atoms with van der Waals surface area (Å²) in [6.07, 6.45) is 11.3. The molecule has 2 atom stereocenters. The van der Waals surface area contributed by atoms with E-state index < -0.39 is 11.9 Å². The van der Waals surface area contributed by atoms with Gasteiger partial charge in [0.2, 0.25) is 5.91 Å². The van der Waals surface area contributed by atoms with Gasteiger partial charge < -0.3 is 30.3 Å². The van der Waals surface area contributed by atoms with E-state index in [1.54, 1.807) is 0 Å². The van der Waals surface area contributed by atoms with E-state index in [0.717, 1.165) is 44.6 Å². The summed E-state index contributed by atoms with van der Waals surface area (Å²) >= 11 is 0. The number of carbonyl (C=O) groups excluding carboxylic acids is 2. The third-order valence-electron chi connectivity index (χ3n) is 7.58. The van der Waals surface area contributed by atoms with Crippen molar-refractivity contribution in [1.82, 2.24) is 35.6 Å². The van der Waals surface area contributed by atoms with Crippen molar-refractivity contribution >= 4 is 18.9 Å². The molecule has 0 aliphatic heterocycles. The summed E-state index contributed by atoms with van der Waals surface area (Å²) in [5.41, 5.74) is 1.12. The van der Waals surface area contributed by atoms with E-state index in [-0.39, 0.29) is 24.6 Å². The van der Waals surface area contributed by atoms with E-state index in [0.29, 0.717) is 18.9 Å². The van der Waals surface area contributed by atoms with Crippen LogP contribution in [-0.4, -0.2) is 104 Å². The Morgan fingerprint density at radius 3 is 2.39 bits per heavy atom. The molecule has 1 aromatic carbocycles. The smallest absolute Gasteiger partial charge is 0.406 e. The Kier molecular flexibility index (Phi) is 18.5. The van der Waals surface area contributed by atoms with Gasteiger partial charge in [0.1, 0.15) is 11.7 Å². The Balaban J connectivity index is 2.14. The Morgan fingerprint density at radius 2 is 1.73 bits per heavy atom. The van der Waals surface area contributed by atoms with Crippen LogP contribution in [0.5, 0.6) is 0 Å². The summed E-state index contributed by atoms with van der Waals surface area (Å²) in [6, 6.07) is 8.92. The largest absolute Gasteiger partial charge is 0.420 e. The third-order valence-corrected chi connectivity index (χ3v) is 7.58. The maximum absolute atomic E-state index is 13.9. The lowest BCUT2D eigenvalue weighted by Gasteiger charge is -2.34. The van der Waals surface area contributed by atoms with Crippen LogP contribution in [0.3, 0.4) is 0 Å². The molecule has 0 unspecified atom stereocenters. The average molecular weight is 610 g/mol. The molecule has 0 spiro atoms. The number of hydrogen-bond donors (Lipinski definition) is 3. The van der Waals surface area contributed by atoms with E-state index in [1.165, 1.54) is 44.3 Å². The zero-order chi connectivity index (χ0) is 32.2. The van der Waals surface area contributed by atoms with Crippen molar-refractivity contribution < 1.29 is 14.2 Å². The lowest BCUT2D eigenvalue weighted by molar-refractivity contribution is -0.123. The predicted molar refractivity (Wildman–Crippen MR) is 179 cm³/mol. The average Bonchev–Trinajstić information content (AvgIpc) is 3.02. The summed E-state index contributed by atoms with van der Waals surface area (Å²) in [6.45, 7) is 10.9. The fraction of sp³-hybridized carbons (Fsp3) is 0.636. The van der Waals surface area contributed by atoms with Gasteiger partial charge in [-0.15, -0.1) is 0 Å². The Morgan fingerprint density at radius 1 is 0.977 bits per heavy atom. The first-order valence-electron chi connectivity index (χ1n) is 16.3. The first-order chi connectivity index (χ1) is 21.2. The lowest BCUT2D eigenvalue weighted by atomic mass is 9.67. The number of rotatable bonds is 23. The number of hydrogen-bond acceptors (Lipinski definition) is 8. The van der Waals surface area contributed by atoms with Gasteiger partial charge in [-0.05, 0) is 71.4 Å². The van der Waals surface area contributed by atoms with Gasteiger partial charge in [0.05, 0.1) is 12.1 Å². The van der Waals surface area contributed by atoms with E-state index in [1.807, 2.05) is 37.4 Å². The molecule has 44 heavy (non-hydrogen) atoms. The van der Waals surface area contributed by atoms with Crippen molar-refractivity contribution in [2.24, 2.45) is 5.92 Å². The van der Waals surface area contributed by atoms with Gasteiger partial charge in [-0.3, -0.25) is 14.6 Å². The quantitative estimate of drug-likeness (QED) is 0.130. The van der Waals surface area contributed by atoms with E-state index in [9.17, 15) is 9.59 Å². The molecule has 0 saturated carbocycles. The number of nitrogens with zero attached hydrogens (tertiary/aromatic N) is 4. The molecule has 0 bridgehead atoms. The molecule has 11 heteroatoms. The zero-order valence-electron chi connectivity index (χ0n) is 27.9. The Labute approximate surface area is 266 Å². The number of likely N-dealkylation sites (N-methyl/N-ethyl adjacent to an activating group) is 2. The van der Waals surface area contributed by atoms with Crippen LogP contribution in [0.2, 0.25) is 0 Å². The van der Waals surface area contributed by atoms with Gasteiger partial charge in [0.25, 0.3) is 5.91 Å². The molecule has 2 aromatic rings. The molecule has 0 aliphatic rings. The normalized spacial score (nSPS) is 12.8. The topological polar surface area (TPSA) is 112 Å². The van der Waals surface area contributed by atoms with E-state index in [2.05, 4.69) is 70.5 Å². The monoisotopic (exact) mass is 609 g/mol. The fourth-order valence-electron chi connectivity index (χ4n) is 5.14.